The van der Waals surface area contributed by atoms with Crippen LogP contribution in [0, 0.1) is 13.8 Å². The summed E-state index contributed by atoms with van der Waals surface area (Å²) in [6.07, 6.45) is 0. The van der Waals surface area contributed by atoms with Gasteiger partial charge in [0.05, 0.1) is 17.9 Å². The van der Waals surface area contributed by atoms with Crippen molar-refractivity contribution in [3.8, 4) is 0 Å². The third-order valence-electron chi connectivity index (χ3n) is 5.82. The Morgan fingerprint density at radius 3 is 2.16 bits per heavy atom. The van der Waals surface area contributed by atoms with Gasteiger partial charge in [-0.3, -0.25) is 4.90 Å². The number of rotatable bonds is 3. The third-order valence-corrected chi connectivity index (χ3v) is 7.56. The van der Waals surface area contributed by atoms with Crippen LogP contribution in [0.3, 0.4) is 0 Å². The summed E-state index contributed by atoms with van der Waals surface area (Å²) < 4.78 is 28.0. The first-order valence-electron chi connectivity index (χ1n) is 10.6. The Bertz CT molecular complexity index is 1290. The van der Waals surface area contributed by atoms with Crippen molar-refractivity contribution in [2.24, 2.45) is 0 Å². The van der Waals surface area contributed by atoms with Gasteiger partial charge in [-0.1, -0.05) is 69.3 Å². The lowest BCUT2D eigenvalue weighted by molar-refractivity contribution is 0.253. The summed E-state index contributed by atoms with van der Waals surface area (Å²) in [6, 6.07) is 19.7. The molecule has 0 atom stereocenters. The predicted molar refractivity (Wildman–Crippen MR) is 129 cm³/mol. The summed E-state index contributed by atoms with van der Waals surface area (Å²) >= 11 is 0. The van der Waals surface area contributed by atoms with Gasteiger partial charge in [-0.2, -0.15) is 4.31 Å². The maximum atomic E-state index is 13.7. The van der Waals surface area contributed by atoms with Crippen LogP contribution in [0.2, 0.25) is 0 Å². The Morgan fingerprint density at radius 2 is 1.50 bits per heavy atom. The number of urea groups is 1. The fraction of sp³-hybridized carbons (Fsp3) is 0.269. The van der Waals surface area contributed by atoms with Crippen molar-refractivity contribution in [3.05, 3.63) is 89.0 Å². The molecule has 5 nitrogen and oxygen atoms in total. The summed E-state index contributed by atoms with van der Waals surface area (Å²) in [6.45, 7) is 10.4. The molecule has 0 radical (unpaired) electrons. The molecule has 1 aliphatic heterocycles. The van der Waals surface area contributed by atoms with E-state index in [1.54, 1.807) is 35.2 Å². The first-order valence-corrected chi connectivity index (χ1v) is 12.1. The second-order valence-electron chi connectivity index (χ2n) is 9.34. The quantitative estimate of drug-likeness (QED) is 0.498. The first-order chi connectivity index (χ1) is 15.0. The molecule has 32 heavy (non-hydrogen) atoms. The van der Waals surface area contributed by atoms with Crippen molar-refractivity contribution in [3.63, 3.8) is 0 Å². The van der Waals surface area contributed by atoms with E-state index in [0.717, 1.165) is 21.0 Å². The summed E-state index contributed by atoms with van der Waals surface area (Å²) in [4.78, 5) is 15.3. The normalized spacial score (nSPS) is 15.6. The first kappa shape index (κ1) is 22.1. The van der Waals surface area contributed by atoms with Crippen molar-refractivity contribution in [2.75, 3.05) is 9.21 Å². The van der Waals surface area contributed by atoms with Gasteiger partial charge in [0.2, 0.25) is 0 Å². The van der Waals surface area contributed by atoms with Gasteiger partial charge >= 0.3 is 6.03 Å². The van der Waals surface area contributed by atoms with E-state index < -0.39 is 16.1 Å². The van der Waals surface area contributed by atoms with Gasteiger partial charge in [-0.25, -0.2) is 13.2 Å². The maximum Gasteiger partial charge on any atom is 0.343 e. The number of aryl methyl sites for hydroxylation is 2. The van der Waals surface area contributed by atoms with E-state index in [9.17, 15) is 13.2 Å². The average Bonchev–Trinajstić information content (AvgIpc) is 2.73. The Kier molecular flexibility index (Phi) is 5.37. The summed E-state index contributed by atoms with van der Waals surface area (Å²) in [5.41, 5.74) is 4.56. The zero-order valence-corrected chi connectivity index (χ0v) is 19.9. The zero-order chi connectivity index (χ0) is 23.3. The number of carbonyl (C=O) groups is 1. The Morgan fingerprint density at radius 1 is 0.844 bits per heavy atom. The van der Waals surface area contributed by atoms with E-state index in [1.807, 2.05) is 38.1 Å². The molecule has 2 amide bonds. The topological polar surface area (TPSA) is 57.7 Å². The van der Waals surface area contributed by atoms with Crippen LogP contribution < -0.4 is 9.21 Å². The highest BCUT2D eigenvalue weighted by Gasteiger charge is 2.42. The molecule has 4 rings (SSSR count). The molecule has 0 saturated carbocycles. The van der Waals surface area contributed by atoms with Gasteiger partial charge in [0.25, 0.3) is 10.0 Å². The molecule has 0 N–H and O–H groups in total. The molecule has 3 aromatic rings. The highest BCUT2D eigenvalue weighted by atomic mass is 32.2. The summed E-state index contributed by atoms with van der Waals surface area (Å²) in [7, 11) is -4.03. The number of nitrogens with zero attached hydrogens (tertiary/aromatic N) is 2. The van der Waals surface area contributed by atoms with Gasteiger partial charge in [0.15, 0.2) is 0 Å². The van der Waals surface area contributed by atoms with E-state index in [-0.39, 0.29) is 16.9 Å². The fourth-order valence-corrected chi connectivity index (χ4v) is 5.58. The summed E-state index contributed by atoms with van der Waals surface area (Å²) in [5, 5.41) is 0. The van der Waals surface area contributed by atoms with Gasteiger partial charge in [0, 0.05) is 0 Å². The number of anilines is 2. The number of sulfonamides is 1. The molecular formula is C26H28N2O3S. The predicted octanol–water partition coefficient (Wildman–Crippen LogP) is 5.94. The van der Waals surface area contributed by atoms with Crippen molar-refractivity contribution in [1.29, 1.82) is 0 Å². The Balaban J connectivity index is 1.82. The highest BCUT2D eigenvalue weighted by Crippen LogP contribution is 2.39. The minimum Gasteiger partial charge on any atom is -0.287 e. The average molecular weight is 449 g/mol. The van der Waals surface area contributed by atoms with Crippen LogP contribution in [-0.4, -0.2) is 14.4 Å². The summed E-state index contributed by atoms with van der Waals surface area (Å²) in [5.74, 6) is 0. The van der Waals surface area contributed by atoms with Gasteiger partial charge in [-0.05, 0) is 59.7 Å². The van der Waals surface area contributed by atoms with E-state index in [2.05, 4.69) is 32.9 Å². The zero-order valence-electron chi connectivity index (χ0n) is 19.1. The number of carbonyl (C=O) groups excluding carboxylic acids is 1. The fourth-order valence-electron chi connectivity index (χ4n) is 3.93. The number of para-hydroxylation sites is 1. The SMILES string of the molecule is Cc1ccc(C)c(N2C(=O)N(Cc3ccc(C(C)(C)C)cc3)c3ccccc3S2(=O)=O)c1. The lowest BCUT2D eigenvalue weighted by Crippen LogP contribution is -2.51. The van der Waals surface area contributed by atoms with Gasteiger partial charge < -0.3 is 0 Å². The van der Waals surface area contributed by atoms with Crippen LogP contribution in [0.5, 0.6) is 0 Å². The van der Waals surface area contributed by atoms with E-state index in [4.69, 9.17) is 0 Å². The third kappa shape index (κ3) is 3.79. The largest absolute Gasteiger partial charge is 0.343 e. The molecule has 0 aromatic heterocycles. The van der Waals surface area contributed by atoms with Crippen molar-refractivity contribution >= 4 is 27.4 Å². The van der Waals surface area contributed by atoms with Crippen LogP contribution in [0.25, 0.3) is 0 Å². The lowest BCUT2D eigenvalue weighted by Gasteiger charge is -2.37. The van der Waals surface area contributed by atoms with Crippen LogP contribution in [0.15, 0.2) is 71.6 Å². The van der Waals surface area contributed by atoms with Crippen molar-refractivity contribution < 1.29 is 13.2 Å². The highest BCUT2D eigenvalue weighted by molar-refractivity contribution is 7.94. The van der Waals surface area contributed by atoms with Crippen LogP contribution in [0.4, 0.5) is 16.2 Å². The maximum absolute atomic E-state index is 13.7. The second-order valence-corrected chi connectivity index (χ2v) is 11.1. The molecule has 1 heterocycles. The lowest BCUT2D eigenvalue weighted by atomic mass is 9.87. The number of fused-ring (bicyclic) bond motifs is 1. The van der Waals surface area contributed by atoms with Gasteiger partial charge in [-0.15, -0.1) is 0 Å². The second kappa shape index (κ2) is 7.78. The number of amides is 2. The van der Waals surface area contributed by atoms with Gasteiger partial charge in [0.1, 0.15) is 4.90 Å². The molecule has 0 unspecified atom stereocenters. The molecule has 0 saturated heterocycles. The monoisotopic (exact) mass is 448 g/mol. The molecule has 3 aromatic carbocycles. The molecule has 1 aliphatic rings. The Hall–Kier alpha value is -3.12. The van der Waals surface area contributed by atoms with Crippen molar-refractivity contribution in [1.82, 2.24) is 0 Å². The van der Waals surface area contributed by atoms with Crippen molar-refractivity contribution in [2.45, 2.75) is 51.5 Å². The molecule has 6 heteroatoms. The molecule has 0 aliphatic carbocycles. The van der Waals surface area contributed by atoms with E-state index >= 15 is 0 Å². The molecule has 0 spiro atoms. The van der Waals surface area contributed by atoms with Crippen LogP contribution >= 0.6 is 0 Å². The number of hydrogen-bond donors (Lipinski definition) is 0. The molecule has 166 valence electrons. The molecule has 0 bridgehead atoms. The molecular weight excluding hydrogens is 420 g/mol. The minimum absolute atomic E-state index is 0.0274. The smallest absolute Gasteiger partial charge is 0.287 e. The number of hydrogen-bond acceptors (Lipinski definition) is 3. The van der Waals surface area contributed by atoms with E-state index in [1.165, 1.54) is 5.56 Å². The van der Waals surface area contributed by atoms with E-state index in [0.29, 0.717) is 11.4 Å². The van der Waals surface area contributed by atoms with Crippen LogP contribution in [-0.2, 0) is 22.0 Å². The minimum atomic E-state index is -4.03. The molecule has 0 fully saturated rings. The standard InChI is InChI=1S/C26H28N2O3S/c1-18-10-11-19(2)23(16-18)28-25(29)27(22-8-6-7-9-24(22)32(28,30)31)17-20-12-14-21(15-13-20)26(3,4)5/h6-16H,17H2,1-5H3. The Labute approximate surface area is 190 Å². The van der Waals surface area contributed by atoms with Crippen LogP contribution in [0.1, 0.15) is 43.0 Å². The number of benzene rings is 3.